The third kappa shape index (κ3) is 30.2. The molecule has 0 amide bonds. The van der Waals surface area contributed by atoms with Crippen LogP contribution in [0.25, 0.3) is 0 Å². The monoisotopic (exact) mass is 437 g/mol. The zero-order valence-corrected chi connectivity index (χ0v) is 17.5. The zero-order valence-electron chi connectivity index (χ0n) is 14.7. The Balaban J connectivity index is -0.000000118. The number of hydrogen-bond donors (Lipinski definition) is 0. The van der Waals surface area contributed by atoms with Crippen molar-refractivity contribution in [3.05, 3.63) is 50.9 Å². The third-order valence-electron chi connectivity index (χ3n) is 1.97. The van der Waals surface area contributed by atoms with Gasteiger partial charge in [-0.1, -0.05) is 46.2 Å². The minimum Gasteiger partial charge on any atom is -0.343 e. The summed E-state index contributed by atoms with van der Waals surface area (Å²) in [6, 6.07) is 4.45. The number of unbranched alkanes of at least 4 members (excludes halogenated alkanes) is 3. The Morgan fingerprint density at radius 3 is 1.43 bits per heavy atom. The molecule has 1 heterocycles. The number of alkyl halides is 3. The van der Waals surface area contributed by atoms with Gasteiger partial charge >= 0.3 is 30.1 Å². The van der Waals surface area contributed by atoms with E-state index in [0.29, 0.717) is 0 Å². The summed E-state index contributed by atoms with van der Waals surface area (Å²) in [5, 5.41) is 0. The Morgan fingerprint density at radius 2 is 1.30 bits per heavy atom. The molecule has 132 valence electrons. The van der Waals surface area contributed by atoms with E-state index in [0.717, 1.165) is 31.5 Å². The van der Waals surface area contributed by atoms with Gasteiger partial charge in [-0.3, -0.25) is 4.98 Å². The topological polar surface area (TPSA) is 12.9 Å². The van der Waals surface area contributed by atoms with Crippen molar-refractivity contribution in [3.63, 3.8) is 0 Å². The number of hydrogen-bond acceptors (Lipinski definition) is 1. The molecule has 0 saturated carbocycles. The molecular weight excluding hydrogens is 406 g/mol. The average Bonchev–Trinajstić information content (AvgIpc) is 2.55. The molecule has 1 aromatic heterocycles. The summed E-state index contributed by atoms with van der Waals surface area (Å²) in [5.74, 6) is 0. The fourth-order valence-corrected chi connectivity index (χ4v) is 0.488. The number of aromatic nitrogens is 1. The quantitative estimate of drug-likeness (QED) is 0.396. The van der Waals surface area contributed by atoms with Gasteiger partial charge in [-0.2, -0.15) is 38.5 Å². The molecule has 0 N–H and O–H groups in total. The predicted octanol–water partition coefficient (Wildman–Crippen LogP) is 6.38. The molecule has 0 aliphatic carbocycles. The van der Waals surface area contributed by atoms with Crippen molar-refractivity contribution in [1.82, 2.24) is 4.98 Å². The Morgan fingerprint density at radius 1 is 0.957 bits per heavy atom. The van der Waals surface area contributed by atoms with Gasteiger partial charge in [0.25, 0.3) is 0 Å². The maximum atomic E-state index is 11.7. The summed E-state index contributed by atoms with van der Waals surface area (Å²) >= 11 is 0. The van der Waals surface area contributed by atoms with Gasteiger partial charge in [0, 0.05) is 0 Å². The maximum absolute atomic E-state index is 11.7. The van der Waals surface area contributed by atoms with Gasteiger partial charge in [-0.25, -0.2) is 12.1 Å². The first-order valence-corrected chi connectivity index (χ1v) is 7.62. The van der Waals surface area contributed by atoms with Crippen molar-refractivity contribution in [2.75, 3.05) is 0 Å². The largest absolute Gasteiger partial charge is 4.00 e. The smallest absolute Gasteiger partial charge is 0.343 e. The Hall–Kier alpha value is -0.261. The van der Waals surface area contributed by atoms with Crippen LogP contribution < -0.4 is 0 Å². The van der Waals surface area contributed by atoms with Gasteiger partial charge < -0.3 is 20.8 Å². The van der Waals surface area contributed by atoms with E-state index in [9.17, 15) is 13.2 Å². The first-order valence-electron chi connectivity index (χ1n) is 7.62. The molecule has 1 aromatic rings. The summed E-state index contributed by atoms with van der Waals surface area (Å²) in [7, 11) is 0. The number of rotatable bonds is 3. The van der Waals surface area contributed by atoms with Crippen LogP contribution >= 0.6 is 0 Å². The molecule has 0 radical (unpaired) electrons. The molecule has 0 aromatic carbocycles. The van der Waals surface area contributed by atoms with Crippen molar-refractivity contribution in [2.24, 2.45) is 0 Å². The van der Waals surface area contributed by atoms with Crippen molar-refractivity contribution in [1.29, 1.82) is 0 Å². The van der Waals surface area contributed by atoms with Crippen LogP contribution in [0.15, 0.2) is 18.3 Å². The van der Waals surface area contributed by atoms with Crippen LogP contribution in [0.4, 0.5) is 13.2 Å². The molecule has 1 nitrogen and oxygen atoms in total. The summed E-state index contributed by atoms with van der Waals surface area (Å²) in [4.78, 5) is 3.07. The van der Waals surface area contributed by atoms with Crippen molar-refractivity contribution < 1.29 is 13.2 Å². The van der Waals surface area contributed by atoms with Crippen LogP contribution in [0.2, 0.25) is 0 Å². The Labute approximate surface area is 158 Å². The van der Waals surface area contributed by atoms with E-state index < -0.39 is 11.9 Å². The molecule has 0 aliphatic heterocycles. The second-order valence-electron chi connectivity index (χ2n) is 4.20. The minimum atomic E-state index is -4.34. The van der Waals surface area contributed by atoms with Crippen LogP contribution in [-0.4, -0.2) is 28.9 Å². The molecule has 0 aliphatic rings. The Kier molecular flexibility index (Phi) is 31.9. The molecule has 0 bridgehead atoms. The maximum Gasteiger partial charge on any atom is 4.00 e. The normalized spacial score (nSPS) is 8.91. The number of pyridine rings is 1. The van der Waals surface area contributed by atoms with E-state index in [4.69, 9.17) is 0 Å². The zero-order chi connectivity index (χ0) is 17.9. The summed E-state index contributed by atoms with van der Waals surface area (Å²) < 4.78 is 35.1. The SMILES string of the molecule is FC(F)(F)c1cc[c-]cn1.[CH2-]CCC.[CH2-]CCC.[CH2-]CCC.[Sn+4]. The summed E-state index contributed by atoms with van der Waals surface area (Å²) in [6.07, 6.45) is 3.48. The molecule has 0 fully saturated rings. The third-order valence-corrected chi connectivity index (χ3v) is 1.97. The Bertz CT molecular complexity index is 275. The van der Waals surface area contributed by atoms with Gasteiger partial charge in [0.1, 0.15) is 0 Å². The van der Waals surface area contributed by atoms with E-state index in [2.05, 4.69) is 52.6 Å². The van der Waals surface area contributed by atoms with E-state index in [1.807, 2.05) is 0 Å². The van der Waals surface area contributed by atoms with E-state index in [1.165, 1.54) is 25.3 Å². The van der Waals surface area contributed by atoms with Crippen LogP contribution in [0, 0.1) is 26.8 Å². The first kappa shape index (κ1) is 30.6. The van der Waals surface area contributed by atoms with Crippen molar-refractivity contribution in [3.8, 4) is 0 Å². The summed E-state index contributed by atoms with van der Waals surface area (Å²) in [5.41, 5.74) is -0.883. The van der Waals surface area contributed by atoms with Crippen LogP contribution in [-0.2, 0) is 6.18 Å². The van der Waals surface area contributed by atoms with Crippen molar-refractivity contribution >= 4 is 23.9 Å². The molecular formula is C18H30F3NSn. The van der Waals surface area contributed by atoms with Crippen molar-refractivity contribution in [2.45, 2.75) is 65.5 Å². The molecule has 0 atom stereocenters. The molecule has 1 rings (SSSR count). The standard InChI is InChI=1S/C6H3F3N.3C4H9.Sn/c7-6(8,9)5-3-1-2-4-10-5;3*1-3-4-2;/h1,3-4H;3*1,3-4H2,2H3;/q4*-1;+4. The minimum absolute atomic E-state index is 0. The number of nitrogens with zero attached hydrogens (tertiary/aromatic N) is 1. The van der Waals surface area contributed by atoms with Gasteiger partial charge in [0.15, 0.2) is 0 Å². The number of halogens is 3. The van der Waals surface area contributed by atoms with E-state index in [-0.39, 0.29) is 23.9 Å². The fraction of sp³-hybridized carbons (Fsp3) is 0.556. The summed E-state index contributed by atoms with van der Waals surface area (Å²) in [6.45, 7) is 17.2. The van der Waals surface area contributed by atoms with E-state index in [1.54, 1.807) is 0 Å². The fourth-order valence-electron chi connectivity index (χ4n) is 0.488. The molecule has 5 heteroatoms. The van der Waals surface area contributed by atoms with Gasteiger partial charge in [-0.05, 0) is 0 Å². The van der Waals surface area contributed by atoms with Gasteiger partial charge in [0.2, 0.25) is 0 Å². The molecule has 0 saturated heterocycles. The van der Waals surface area contributed by atoms with Gasteiger partial charge in [0.05, 0.1) is 5.69 Å². The van der Waals surface area contributed by atoms with Crippen LogP contribution in [0.5, 0.6) is 0 Å². The average molecular weight is 436 g/mol. The van der Waals surface area contributed by atoms with Crippen LogP contribution in [0.3, 0.4) is 0 Å². The second-order valence-corrected chi connectivity index (χ2v) is 4.20. The predicted molar refractivity (Wildman–Crippen MR) is 94.6 cm³/mol. The molecule has 0 spiro atoms. The molecule has 23 heavy (non-hydrogen) atoms. The first-order chi connectivity index (χ1) is 10.3. The van der Waals surface area contributed by atoms with Gasteiger partial charge in [-0.15, -0.1) is 0 Å². The molecule has 0 unspecified atom stereocenters. The van der Waals surface area contributed by atoms with E-state index >= 15 is 0 Å². The van der Waals surface area contributed by atoms with Crippen LogP contribution in [0.1, 0.15) is 65.0 Å². The second kappa shape index (κ2) is 24.0.